The average molecular weight is 612 g/mol. The zero-order chi connectivity index (χ0) is 27.0. The molecule has 0 rings (SSSR count). The summed E-state index contributed by atoms with van der Waals surface area (Å²) in [5.41, 5.74) is 0. The maximum absolute atomic E-state index is 3.25. The van der Waals surface area contributed by atoms with Gasteiger partial charge in [0.2, 0.25) is 0 Å². The molecular formula is C22H66Si10. The van der Waals surface area contributed by atoms with Gasteiger partial charge in [0.25, 0.3) is 0 Å². The highest BCUT2D eigenvalue weighted by atomic mass is 30.4. The Balaban J connectivity index is 8.69. The molecule has 10 heteroatoms. The second-order valence-corrected chi connectivity index (χ2v) is 135. The molecule has 0 aromatic carbocycles. The first-order chi connectivity index (χ1) is 13.2. The van der Waals surface area contributed by atoms with Gasteiger partial charge in [-0.15, -0.1) is 0 Å². The minimum Gasteiger partial charge on any atom is -0.0758 e. The molecule has 0 aliphatic rings. The summed E-state index contributed by atoms with van der Waals surface area (Å²) in [6, 6.07) is 0. The average Bonchev–Trinajstić information content (AvgIpc) is 2.44. The van der Waals surface area contributed by atoms with E-state index in [0.29, 0.717) is 0 Å². The molecule has 0 amide bonds. The summed E-state index contributed by atoms with van der Waals surface area (Å²) in [5, 5.41) is 0. The van der Waals surface area contributed by atoms with Crippen LogP contribution in [0.2, 0.25) is 144 Å². The highest BCUT2D eigenvalue weighted by Crippen LogP contribution is 2.54. The Morgan fingerprint density at radius 1 is 0.156 bits per heavy atom. The van der Waals surface area contributed by atoms with Crippen LogP contribution in [0.1, 0.15) is 0 Å². The van der Waals surface area contributed by atoms with Crippen LogP contribution in [0.3, 0.4) is 0 Å². The Bertz CT molecular complexity index is 537. The molecule has 0 aliphatic carbocycles. The molecule has 194 valence electrons. The Morgan fingerprint density at radius 2 is 0.250 bits per heavy atom. The van der Waals surface area contributed by atoms with Gasteiger partial charge < -0.3 is 0 Å². The van der Waals surface area contributed by atoms with Crippen molar-refractivity contribution in [3.8, 4) is 0 Å². The van der Waals surface area contributed by atoms with Gasteiger partial charge in [0, 0.05) is 72.1 Å². The molecule has 0 radical (unpaired) electrons. The van der Waals surface area contributed by atoms with Gasteiger partial charge in [-0.3, -0.25) is 0 Å². The van der Waals surface area contributed by atoms with Crippen LogP contribution in [-0.2, 0) is 0 Å². The van der Waals surface area contributed by atoms with E-state index in [9.17, 15) is 0 Å². The van der Waals surface area contributed by atoms with Gasteiger partial charge in [-0.1, -0.05) is 144 Å². The van der Waals surface area contributed by atoms with Crippen LogP contribution in [0.15, 0.2) is 0 Å². The molecule has 0 nitrogen and oxygen atoms in total. The number of hydrogen-bond acceptors (Lipinski definition) is 0. The number of rotatable bonds is 9. The zero-order valence-corrected chi connectivity index (χ0v) is 37.0. The molecule has 0 saturated carbocycles. The summed E-state index contributed by atoms with van der Waals surface area (Å²) in [6.07, 6.45) is 0. The van der Waals surface area contributed by atoms with Gasteiger partial charge in [-0.2, -0.15) is 0 Å². The van der Waals surface area contributed by atoms with Gasteiger partial charge >= 0.3 is 0 Å². The molecule has 32 heavy (non-hydrogen) atoms. The lowest BCUT2D eigenvalue weighted by molar-refractivity contribution is 1.72. The predicted octanol–water partition coefficient (Wildman–Crippen LogP) is 9.04. The zero-order valence-electron chi connectivity index (χ0n) is 27.0. The topological polar surface area (TPSA) is 0 Å². The summed E-state index contributed by atoms with van der Waals surface area (Å²) in [7, 11) is -7.77. The standard InChI is InChI=1S/C22H66Si10/c1-23(2,3)29(19,24(4,5)6)32(22,30(20,25(7,8)9)26(10,11)12)31(21,27(13,14)15)28(16,17)18/h1-22H3. The highest BCUT2D eigenvalue weighted by Gasteiger charge is 2.81. The van der Waals surface area contributed by atoms with Gasteiger partial charge in [-0.25, -0.2) is 0 Å². The molecule has 0 saturated heterocycles. The monoisotopic (exact) mass is 610 g/mol. The fourth-order valence-electron chi connectivity index (χ4n) is 9.38. The van der Waals surface area contributed by atoms with E-state index in [0.717, 1.165) is 0 Å². The third-order valence-electron chi connectivity index (χ3n) is 12.0. The van der Waals surface area contributed by atoms with E-state index in [1.165, 1.54) is 0 Å². The summed E-state index contributed by atoms with van der Waals surface area (Å²) in [6.45, 7) is 58.7. The molecule has 0 N–H and O–H groups in total. The minimum absolute atomic E-state index is 1.30. The molecular weight excluding hydrogens is 545 g/mol. The molecule has 0 aromatic heterocycles. The molecule has 0 heterocycles. The van der Waals surface area contributed by atoms with Gasteiger partial charge in [0.05, 0.1) is 0 Å². The van der Waals surface area contributed by atoms with Crippen LogP contribution < -0.4 is 0 Å². The van der Waals surface area contributed by atoms with Gasteiger partial charge in [-0.05, 0) is 0 Å². The largest absolute Gasteiger partial charge is 0.0758 e. The van der Waals surface area contributed by atoms with Crippen molar-refractivity contribution in [2.75, 3.05) is 0 Å². The van der Waals surface area contributed by atoms with Crippen LogP contribution in [0, 0.1) is 0 Å². The normalized spacial score (nSPS) is 17.1. The van der Waals surface area contributed by atoms with Crippen molar-refractivity contribution in [3.63, 3.8) is 0 Å². The van der Waals surface area contributed by atoms with Crippen LogP contribution in [0.4, 0.5) is 0 Å². The Hall–Kier alpha value is 2.17. The fourth-order valence-corrected chi connectivity index (χ4v) is 496. The predicted molar refractivity (Wildman–Crippen MR) is 187 cm³/mol. The third-order valence-corrected chi connectivity index (χ3v) is 270. The van der Waals surface area contributed by atoms with E-state index < -0.39 is 72.1 Å². The Labute approximate surface area is 214 Å². The highest BCUT2D eigenvalue weighted by molar-refractivity contribution is 8.26. The lowest BCUT2D eigenvalue weighted by Crippen LogP contribution is -3.07. The van der Waals surface area contributed by atoms with E-state index in [1.807, 2.05) is 0 Å². The van der Waals surface area contributed by atoms with E-state index in [1.54, 1.807) is 0 Å². The fraction of sp³-hybridized carbons (Fsp3) is 1.00. The van der Waals surface area contributed by atoms with E-state index in [-0.39, 0.29) is 0 Å². The molecule has 0 unspecified atom stereocenters. The second kappa shape index (κ2) is 8.88. The summed E-state index contributed by atoms with van der Waals surface area (Å²) >= 11 is 0. The molecule has 0 bridgehead atoms. The lowest BCUT2D eigenvalue weighted by atomic mass is 11.8. The number of hydrogen-bond donors (Lipinski definition) is 0. The molecule has 0 aromatic rings. The Morgan fingerprint density at radius 3 is 0.312 bits per heavy atom. The van der Waals surface area contributed by atoms with Gasteiger partial charge in [0.1, 0.15) is 0 Å². The quantitative estimate of drug-likeness (QED) is 0.228. The van der Waals surface area contributed by atoms with Crippen molar-refractivity contribution in [1.82, 2.24) is 0 Å². The summed E-state index contributed by atoms with van der Waals surface area (Å²) in [4.78, 5) is 0. The molecule has 0 aliphatic heterocycles. The van der Waals surface area contributed by atoms with Crippen molar-refractivity contribution in [2.45, 2.75) is 144 Å². The first kappa shape index (κ1) is 34.2. The van der Waals surface area contributed by atoms with E-state index in [4.69, 9.17) is 0 Å². The third kappa shape index (κ3) is 4.52. The molecule has 0 atom stereocenters. The Kier molecular flexibility index (Phi) is 9.48. The van der Waals surface area contributed by atoms with Crippen LogP contribution in [0.25, 0.3) is 0 Å². The van der Waals surface area contributed by atoms with Crippen LogP contribution in [0.5, 0.6) is 0 Å². The SMILES string of the molecule is C[Si](C)(C)[Si](C)([Si](C)(C)C)[Si](C)([Si](C)([Si](C)(C)C)[Si](C)(C)C)[Si](C)([Si](C)(C)C)[Si](C)(C)C. The van der Waals surface area contributed by atoms with Crippen molar-refractivity contribution in [2.24, 2.45) is 0 Å². The van der Waals surface area contributed by atoms with Crippen molar-refractivity contribution in [3.05, 3.63) is 0 Å². The second-order valence-electron chi connectivity index (χ2n) is 18.0. The maximum Gasteiger partial charge on any atom is 0.0329 e. The molecule has 0 spiro atoms. The summed E-state index contributed by atoms with van der Waals surface area (Å²) in [5.74, 6) is 0. The van der Waals surface area contributed by atoms with Crippen molar-refractivity contribution in [1.29, 1.82) is 0 Å². The van der Waals surface area contributed by atoms with E-state index in [2.05, 4.69) is 144 Å². The van der Waals surface area contributed by atoms with Crippen molar-refractivity contribution >= 4 is 72.1 Å². The van der Waals surface area contributed by atoms with Crippen molar-refractivity contribution < 1.29 is 0 Å². The molecule has 0 fully saturated rings. The smallest absolute Gasteiger partial charge is 0.0329 e. The van der Waals surface area contributed by atoms with Gasteiger partial charge in [0.15, 0.2) is 0 Å². The van der Waals surface area contributed by atoms with Crippen LogP contribution >= 0.6 is 0 Å². The first-order valence-corrected chi connectivity index (χ1v) is 53.2. The first-order valence-electron chi connectivity index (χ1n) is 13.2. The summed E-state index contributed by atoms with van der Waals surface area (Å²) < 4.78 is 0. The van der Waals surface area contributed by atoms with E-state index >= 15 is 0 Å². The lowest BCUT2D eigenvalue weighted by Gasteiger charge is -2.77. The van der Waals surface area contributed by atoms with Crippen LogP contribution in [-0.4, -0.2) is 72.1 Å². The minimum atomic E-state index is -1.54. The maximum atomic E-state index is 3.25.